The normalized spacial score (nSPS) is 12.6. The molecule has 0 spiro atoms. The Morgan fingerprint density at radius 3 is 2.47 bits per heavy atom. The molecule has 0 unspecified atom stereocenters. The Hall–Kier alpha value is -1.33. The molecule has 17 heavy (non-hydrogen) atoms. The molecule has 0 aliphatic heterocycles. The Balaban J connectivity index is 2.86. The average molecular weight is 247 g/mol. The van der Waals surface area contributed by atoms with E-state index in [4.69, 9.17) is 0 Å². The van der Waals surface area contributed by atoms with Crippen LogP contribution in [0.1, 0.15) is 39.3 Å². The molecule has 6 heteroatoms. The molecule has 1 heterocycles. The lowest BCUT2D eigenvalue weighted by Gasteiger charge is -2.25. The van der Waals surface area contributed by atoms with Gasteiger partial charge in [0.15, 0.2) is 0 Å². The van der Waals surface area contributed by atoms with E-state index in [1.807, 2.05) is 20.8 Å². The smallest absolute Gasteiger partial charge is 0.349 e. The molecule has 0 saturated carbocycles. The highest BCUT2D eigenvalue weighted by Crippen LogP contribution is 2.28. The van der Waals surface area contributed by atoms with Gasteiger partial charge in [0.1, 0.15) is 5.69 Å². The molecule has 1 aromatic heterocycles. The Bertz CT molecular complexity index is 374. The van der Waals surface area contributed by atoms with Crippen LogP contribution in [-0.2, 0) is 6.18 Å². The van der Waals surface area contributed by atoms with E-state index in [0.717, 1.165) is 25.1 Å². The van der Waals surface area contributed by atoms with Crippen molar-refractivity contribution in [3.05, 3.63) is 18.0 Å². The van der Waals surface area contributed by atoms with Crippen LogP contribution in [0.25, 0.3) is 0 Å². The lowest BCUT2D eigenvalue weighted by atomic mass is 9.99. The van der Waals surface area contributed by atoms with Crippen molar-refractivity contribution in [1.29, 1.82) is 0 Å². The SMILES string of the molecule is CCCC(C)(C)Nc1nccc(C(F)(F)F)n1. The van der Waals surface area contributed by atoms with Gasteiger partial charge in [-0.2, -0.15) is 13.2 Å². The molecule has 1 rings (SSSR count). The molecule has 1 N–H and O–H groups in total. The quantitative estimate of drug-likeness (QED) is 0.885. The fourth-order valence-corrected chi connectivity index (χ4v) is 1.57. The van der Waals surface area contributed by atoms with Crippen molar-refractivity contribution in [3.8, 4) is 0 Å². The molecule has 0 amide bonds. The monoisotopic (exact) mass is 247 g/mol. The predicted octanol–water partition coefficient (Wildman–Crippen LogP) is 3.49. The zero-order valence-corrected chi connectivity index (χ0v) is 10.1. The molecule has 0 aromatic carbocycles. The second kappa shape index (κ2) is 4.89. The molecule has 1 aromatic rings. The number of hydrogen-bond acceptors (Lipinski definition) is 3. The predicted molar refractivity (Wildman–Crippen MR) is 59.6 cm³/mol. The molecule has 0 saturated heterocycles. The van der Waals surface area contributed by atoms with E-state index in [1.165, 1.54) is 0 Å². The minimum atomic E-state index is -4.44. The highest BCUT2D eigenvalue weighted by molar-refractivity contribution is 5.29. The van der Waals surface area contributed by atoms with Crippen LogP contribution in [0, 0.1) is 0 Å². The van der Waals surface area contributed by atoms with Crippen molar-refractivity contribution in [1.82, 2.24) is 9.97 Å². The van der Waals surface area contributed by atoms with Gasteiger partial charge in [0.25, 0.3) is 0 Å². The topological polar surface area (TPSA) is 37.8 Å². The van der Waals surface area contributed by atoms with Gasteiger partial charge in [0, 0.05) is 11.7 Å². The average Bonchev–Trinajstić information content (AvgIpc) is 2.15. The Morgan fingerprint density at radius 2 is 1.94 bits per heavy atom. The number of nitrogens with one attached hydrogen (secondary N) is 1. The van der Waals surface area contributed by atoms with Crippen molar-refractivity contribution < 1.29 is 13.2 Å². The first-order chi connectivity index (χ1) is 7.74. The minimum absolute atomic E-state index is 0.0123. The molecular weight excluding hydrogens is 231 g/mol. The molecule has 0 bridgehead atoms. The lowest BCUT2D eigenvalue weighted by Crippen LogP contribution is -2.31. The molecule has 96 valence electrons. The minimum Gasteiger partial charge on any atom is -0.349 e. The van der Waals surface area contributed by atoms with E-state index >= 15 is 0 Å². The summed E-state index contributed by atoms with van der Waals surface area (Å²) in [6.07, 6.45) is -1.57. The number of hydrogen-bond donors (Lipinski definition) is 1. The summed E-state index contributed by atoms with van der Waals surface area (Å²) in [4.78, 5) is 7.26. The van der Waals surface area contributed by atoms with Crippen molar-refractivity contribution in [2.24, 2.45) is 0 Å². The maximum Gasteiger partial charge on any atom is 0.433 e. The van der Waals surface area contributed by atoms with Crippen LogP contribution in [0.3, 0.4) is 0 Å². The Kier molecular flexibility index (Phi) is 3.95. The fraction of sp³-hybridized carbons (Fsp3) is 0.636. The zero-order valence-electron chi connectivity index (χ0n) is 10.1. The molecule has 0 aliphatic carbocycles. The van der Waals surface area contributed by atoms with Gasteiger partial charge in [-0.05, 0) is 26.3 Å². The maximum atomic E-state index is 12.4. The lowest BCUT2D eigenvalue weighted by molar-refractivity contribution is -0.141. The van der Waals surface area contributed by atoms with Crippen molar-refractivity contribution in [2.45, 2.75) is 45.3 Å². The van der Waals surface area contributed by atoms with Crippen LogP contribution in [-0.4, -0.2) is 15.5 Å². The molecule has 3 nitrogen and oxygen atoms in total. The maximum absolute atomic E-state index is 12.4. The van der Waals surface area contributed by atoms with Gasteiger partial charge in [0.05, 0.1) is 0 Å². The first kappa shape index (κ1) is 13.7. The van der Waals surface area contributed by atoms with Crippen molar-refractivity contribution >= 4 is 5.95 Å². The summed E-state index contributed by atoms with van der Waals surface area (Å²) in [5.41, 5.74) is -1.25. The van der Waals surface area contributed by atoms with Gasteiger partial charge in [-0.15, -0.1) is 0 Å². The Labute approximate surface area is 98.5 Å². The Morgan fingerprint density at radius 1 is 1.29 bits per heavy atom. The van der Waals surface area contributed by atoms with Crippen LogP contribution < -0.4 is 5.32 Å². The summed E-state index contributed by atoms with van der Waals surface area (Å²) in [5.74, 6) is 0.0123. The number of nitrogens with zero attached hydrogens (tertiary/aromatic N) is 2. The molecule has 0 radical (unpaired) electrons. The highest BCUT2D eigenvalue weighted by Gasteiger charge is 2.33. The van der Waals surface area contributed by atoms with E-state index in [0.29, 0.717) is 0 Å². The first-order valence-electron chi connectivity index (χ1n) is 5.43. The van der Waals surface area contributed by atoms with Gasteiger partial charge < -0.3 is 5.32 Å². The number of anilines is 1. The third-order valence-corrected chi connectivity index (χ3v) is 2.27. The first-order valence-corrected chi connectivity index (χ1v) is 5.43. The summed E-state index contributed by atoms with van der Waals surface area (Å²) >= 11 is 0. The molecular formula is C11H16F3N3. The van der Waals surface area contributed by atoms with Crippen molar-refractivity contribution in [3.63, 3.8) is 0 Å². The van der Waals surface area contributed by atoms with Crippen molar-refractivity contribution in [2.75, 3.05) is 5.32 Å². The third kappa shape index (κ3) is 4.20. The van der Waals surface area contributed by atoms with Gasteiger partial charge >= 0.3 is 6.18 Å². The summed E-state index contributed by atoms with van der Waals surface area (Å²) in [6.45, 7) is 5.82. The van der Waals surface area contributed by atoms with E-state index < -0.39 is 11.9 Å². The highest BCUT2D eigenvalue weighted by atomic mass is 19.4. The van der Waals surface area contributed by atoms with Gasteiger partial charge in [-0.1, -0.05) is 13.3 Å². The van der Waals surface area contributed by atoms with Crippen LogP contribution in [0.4, 0.5) is 19.1 Å². The number of aromatic nitrogens is 2. The molecule has 0 aliphatic rings. The number of rotatable bonds is 4. The van der Waals surface area contributed by atoms with Gasteiger partial charge in [0.2, 0.25) is 5.95 Å². The standard InChI is InChI=1S/C11H16F3N3/c1-4-6-10(2,3)17-9-15-7-5-8(16-9)11(12,13)14/h5,7H,4,6H2,1-3H3,(H,15,16,17). The zero-order chi connectivity index (χ0) is 13.1. The summed E-state index contributed by atoms with van der Waals surface area (Å²) < 4.78 is 37.3. The second-order valence-corrected chi connectivity index (χ2v) is 4.52. The van der Waals surface area contributed by atoms with E-state index in [9.17, 15) is 13.2 Å². The summed E-state index contributed by atoms with van der Waals surface area (Å²) in [7, 11) is 0. The van der Waals surface area contributed by atoms with Crippen LogP contribution >= 0.6 is 0 Å². The fourth-order valence-electron chi connectivity index (χ4n) is 1.57. The third-order valence-electron chi connectivity index (χ3n) is 2.27. The van der Waals surface area contributed by atoms with Crippen LogP contribution in [0.5, 0.6) is 0 Å². The van der Waals surface area contributed by atoms with E-state index in [-0.39, 0.29) is 11.5 Å². The summed E-state index contributed by atoms with van der Waals surface area (Å²) in [5, 5.41) is 2.91. The number of alkyl halides is 3. The van der Waals surface area contributed by atoms with Gasteiger partial charge in [-0.25, -0.2) is 9.97 Å². The van der Waals surface area contributed by atoms with E-state index in [1.54, 1.807) is 0 Å². The second-order valence-electron chi connectivity index (χ2n) is 4.52. The molecule has 0 atom stereocenters. The van der Waals surface area contributed by atoms with E-state index in [2.05, 4.69) is 15.3 Å². The summed E-state index contributed by atoms with van der Waals surface area (Å²) in [6, 6.07) is 0.859. The largest absolute Gasteiger partial charge is 0.433 e. The number of halogens is 3. The van der Waals surface area contributed by atoms with Crippen LogP contribution in [0.15, 0.2) is 12.3 Å². The van der Waals surface area contributed by atoms with Gasteiger partial charge in [-0.3, -0.25) is 0 Å². The molecule has 0 fully saturated rings. The van der Waals surface area contributed by atoms with Crippen LogP contribution in [0.2, 0.25) is 0 Å².